The number of aliphatic carboxylic acids is 1. The molecule has 0 aliphatic carbocycles. The molecule has 13 heavy (non-hydrogen) atoms. The molecule has 1 rings (SSSR count). The smallest absolute Gasteiger partial charge is 0.320 e. The van der Waals surface area contributed by atoms with E-state index in [-0.39, 0.29) is 0 Å². The Morgan fingerprint density at radius 1 is 1.62 bits per heavy atom. The Hall–Kier alpha value is -0.640. The first-order valence-corrected chi connectivity index (χ1v) is 4.76. The third-order valence-corrected chi connectivity index (χ3v) is 2.57. The number of carbonyl (C=O) groups is 1. The van der Waals surface area contributed by atoms with E-state index < -0.39 is 18.2 Å². The van der Waals surface area contributed by atoms with Gasteiger partial charge in [0.15, 0.2) is 0 Å². The van der Waals surface area contributed by atoms with Gasteiger partial charge in [0.2, 0.25) is 0 Å². The molecular formula is C9H16FNO2. The Bertz CT molecular complexity index is 178. The van der Waals surface area contributed by atoms with Gasteiger partial charge in [-0.3, -0.25) is 9.69 Å². The third-order valence-electron chi connectivity index (χ3n) is 2.57. The molecule has 76 valence electrons. The zero-order valence-electron chi connectivity index (χ0n) is 7.87. The summed E-state index contributed by atoms with van der Waals surface area (Å²) in [4.78, 5) is 12.6. The van der Waals surface area contributed by atoms with E-state index in [1.807, 2.05) is 11.8 Å². The van der Waals surface area contributed by atoms with E-state index in [0.717, 1.165) is 0 Å². The van der Waals surface area contributed by atoms with Crippen LogP contribution in [-0.2, 0) is 4.79 Å². The van der Waals surface area contributed by atoms with E-state index in [9.17, 15) is 9.18 Å². The minimum atomic E-state index is -0.792. The van der Waals surface area contributed by atoms with Gasteiger partial charge in [0.25, 0.3) is 0 Å². The number of hydrogen-bond donors (Lipinski definition) is 1. The first-order chi connectivity index (χ1) is 6.15. The molecule has 1 fully saturated rings. The van der Waals surface area contributed by atoms with E-state index in [1.165, 1.54) is 0 Å². The van der Waals surface area contributed by atoms with Gasteiger partial charge in [-0.2, -0.15) is 0 Å². The highest BCUT2D eigenvalue weighted by Gasteiger charge is 2.27. The second-order valence-corrected chi connectivity index (χ2v) is 3.47. The maximum atomic E-state index is 12.8. The molecule has 0 aromatic carbocycles. The second-order valence-electron chi connectivity index (χ2n) is 3.47. The number of nitrogens with zero attached hydrogens (tertiary/aromatic N) is 1. The van der Waals surface area contributed by atoms with Crippen LogP contribution in [0.2, 0.25) is 0 Å². The quantitative estimate of drug-likeness (QED) is 0.727. The fourth-order valence-corrected chi connectivity index (χ4v) is 1.77. The summed E-state index contributed by atoms with van der Waals surface area (Å²) in [5, 5.41) is 8.86. The van der Waals surface area contributed by atoms with Gasteiger partial charge in [-0.15, -0.1) is 0 Å². The van der Waals surface area contributed by atoms with Crippen LogP contribution < -0.4 is 0 Å². The van der Waals surface area contributed by atoms with Crippen LogP contribution in [-0.4, -0.2) is 41.3 Å². The Balaban J connectivity index is 2.46. The number of alkyl halides is 1. The van der Waals surface area contributed by atoms with Crippen molar-refractivity contribution >= 4 is 5.97 Å². The van der Waals surface area contributed by atoms with Crippen molar-refractivity contribution in [1.29, 1.82) is 0 Å². The van der Waals surface area contributed by atoms with Crippen LogP contribution in [0.3, 0.4) is 0 Å². The Labute approximate surface area is 77.5 Å². The summed E-state index contributed by atoms with van der Waals surface area (Å²) in [6.07, 6.45) is 0.808. The molecule has 0 spiro atoms. The third kappa shape index (κ3) is 2.66. The number of carboxylic acids is 1. The van der Waals surface area contributed by atoms with Crippen molar-refractivity contribution in [2.75, 3.05) is 13.1 Å². The molecule has 1 N–H and O–H groups in total. The molecule has 0 amide bonds. The van der Waals surface area contributed by atoms with Crippen molar-refractivity contribution in [2.24, 2.45) is 0 Å². The van der Waals surface area contributed by atoms with Crippen LogP contribution in [0.4, 0.5) is 4.39 Å². The van der Waals surface area contributed by atoms with Gasteiger partial charge in [0.05, 0.1) is 0 Å². The SMILES string of the molecule is CCC(C(=O)O)N1CCC(F)CC1. The van der Waals surface area contributed by atoms with Gasteiger partial charge in [-0.25, -0.2) is 4.39 Å². The minimum absolute atomic E-state index is 0.424. The Kier molecular flexibility index (Phi) is 3.66. The number of halogens is 1. The first-order valence-electron chi connectivity index (χ1n) is 4.76. The largest absolute Gasteiger partial charge is 0.480 e. The summed E-state index contributed by atoms with van der Waals surface area (Å²) in [5.74, 6) is -0.792. The monoisotopic (exact) mass is 189 g/mol. The molecular weight excluding hydrogens is 173 g/mol. The van der Waals surface area contributed by atoms with Gasteiger partial charge in [0.1, 0.15) is 12.2 Å². The summed E-state index contributed by atoms with van der Waals surface area (Å²) in [7, 11) is 0. The standard InChI is InChI=1S/C9H16FNO2/c1-2-8(9(12)13)11-5-3-7(10)4-6-11/h7-8H,2-6H2,1H3,(H,12,13). The summed E-state index contributed by atoms with van der Waals surface area (Å²) < 4.78 is 12.8. The van der Waals surface area contributed by atoms with Crippen molar-refractivity contribution in [3.63, 3.8) is 0 Å². The van der Waals surface area contributed by atoms with Crippen LogP contribution >= 0.6 is 0 Å². The number of rotatable bonds is 3. The average Bonchev–Trinajstić information content (AvgIpc) is 2.09. The fraction of sp³-hybridized carbons (Fsp3) is 0.889. The lowest BCUT2D eigenvalue weighted by molar-refractivity contribution is -0.144. The fourth-order valence-electron chi connectivity index (χ4n) is 1.77. The summed E-state index contributed by atoms with van der Waals surface area (Å²) in [6.45, 7) is 3.00. The molecule has 1 atom stereocenters. The van der Waals surface area contributed by atoms with E-state index in [4.69, 9.17) is 5.11 Å². The molecule has 1 heterocycles. The minimum Gasteiger partial charge on any atom is -0.480 e. The van der Waals surface area contributed by atoms with E-state index in [2.05, 4.69) is 0 Å². The highest BCUT2D eigenvalue weighted by atomic mass is 19.1. The molecule has 0 bridgehead atoms. The van der Waals surface area contributed by atoms with E-state index in [0.29, 0.717) is 32.4 Å². The maximum Gasteiger partial charge on any atom is 0.320 e. The van der Waals surface area contributed by atoms with Crippen molar-refractivity contribution in [3.05, 3.63) is 0 Å². The van der Waals surface area contributed by atoms with Crippen molar-refractivity contribution in [2.45, 2.75) is 38.4 Å². The zero-order valence-corrected chi connectivity index (χ0v) is 7.87. The van der Waals surface area contributed by atoms with Crippen LogP contribution in [0, 0.1) is 0 Å². The van der Waals surface area contributed by atoms with E-state index in [1.54, 1.807) is 0 Å². The first kappa shape index (κ1) is 10.4. The van der Waals surface area contributed by atoms with Gasteiger partial charge < -0.3 is 5.11 Å². The molecule has 4 heteroatoms. The molecule has 1 saturated heterocycles. The zero-order chi connectivity index (χ0) is 9.84. The van der Waals surface area contributed by atoms with Gasteiger partial charge in [-0.1, -0.05) is 6.92 Å². The molecule has 1 aliphatic heterocycles. The summed E-state index contributed by atoms with van der Waals surface area (Å²) in [6, 6.07) is -0.424. The molecule has 0 radical (unpaired) electrons. The molecule has 0 saturated carbocycles. The van der Waals surface area contributed by atoms with Crippen molar-refractivity contribution in [1.82, 2.24) is 4.90 Å². The molecule has 3 nitrogen and oxygen atoms in total. The van der Waals surface area contributed by atoms with Crippen molar-refractivity contribution in [3.8, 4) is 0 Å². The average molecular weight is 189 g/mol. The Morgan fingerprint density at radius 2 is 2.15 bits per heavy atom. The van der Waals surface area contributed by atoms with Gasteiger partial charge in [0, 0.05) is 13.1 Å². The number of likely N-dealkylation sites (tertiary alicyclic amines) is 1. The number of piperidine rings is 1. The predicted octanol–water partition coefficient (Wildman–Crippen LogP) is 1.28. The summed E-state index contributed by atoms with van der Waals surface area (Å²) >= 11 is 0. The maximum absolute atomic E-state index is 12.8. The molecule has 1 aliphatic rings. The molecule has 0 aromatic rings. The lowest BCUT2D eigenvalue weighted by Gasteiger charge is -2.32. The van der Waals surface area contributed by atoms with Crippen LogP contribution in [0.5, 0.6) is 0 Å². The lowest BCUT2D eigenvalue weighted by atomic mass is 10.1. The number of carboxylic acid groups (broad SMARTS) is 1. The number of hydrogen-bond acceptors (Lipinski definition) is 2. The normalized spacial score (nSPS) is 22.9. The van der Waals surface area contributed by atoms with Crippen LogP contribution in [0.1, 0.15) is 26.2 Å². The highest BCUT2D eigenvalue weighted by Crippen LogP contribution is 2.17. The van der Waals surface area contributed by atoms with Gasteiger partial charge >= 0.3 is 5.97 Å². The lowest BCUT2D eigenvalue weighted by Crippen LogP contribution is -2.45. The van der Waals surface area contributed by atoms with Crippen LogP contribution in [0.15, 0.2) is 0 Å². The highest BCUT2D eigenvalue weighted by molar-refractivity contribution is 5.73. The molecule has 0 aromatic heterocycles. The van der Waals surface area contributed by atoms with E-state index >= 15 is 0 Å². The topological polar surface area (TPSA) is 40.5 Å². The summed E-state index contributed by atoms with van der Waals surface area (Å²) in [5.41, 5.74) is 0. The molecule has 1 unspecified atom stereocenters. The van der Waals surface area contributed by atoms with Gasteiger partial charge in [-0.05, 0) is 19.3 Å². The predicted molar refractivity (Wildman–Crippen MR) is 47.4 cm³/mol. The second kappa shape index (κ2) is 4.56. The van der Waals surface area contributed by atoms with Crippen LogP contribution in [0.25, 0.3) is 0 Å². The Morgan fingerprint density at radius 3 is 2.54 bits per heavy atom. The van der Waals surface area contributed by atoms with Crippen molar-refractivity contribution < 1.29 is 14.3 Å².